The summed E-state index contributed by atoms with van der Waals surface area (Å²) in [5.41, 5.74) is 12.0. The molecule has 4 atom stereocenters. The number of carbonyl (C=O) groups is 4. The van der Waals surface area contributed by atoms with E-state index in [1.54, 1.807) is 29.5 Å². The summed E-state index contributed by atoms with van der Waals surface area (Å²) >= 11 is 1.57. The molecule has 6 rings (SSSR count). The number of hydrogen-bond acceptors (Lipinski definition) is 12. The second kappa shape index (κ2) is 19.2. The number of hydrogen-bond donors (Lipinski definition) is 5. The number of nitrogens with two attached hydrogens (primary N) is 1. The predicted octanol–water partition coefficient (Wildman–Crippen LogP) is 4.83. The van der Waals surface area contributed by atoms with Crippen LogP contribution in [0.5, 0.6) is 5.75 Å². The van der Waals surface area contributed by atoms with Crippen LogP contribution >= 0.6 is 11.3 Å². The molecule has 4 aromatic rings. The lowest BCUT2D eigenvalue weighted by Crippen LogP contribution is -2.57. The molecule has 4 amide bonds. The average molecular weight is 840 g/mol. The van der Waals surface area contributed by atoms with Crippen LogP contribution in [0.4, 0.5) is 11.5 Å². The number of phenols is 1. The smallest absolute Gasteiger partial charge is 0.246 e. The fourth-order valence-electron chi connectivity index (χ4n) is 7.81. The van der Waals surface area contributed by atoms with Gasteiger partial charge in [0.25, 0.3) is 0 Å². The molecule has 2 aliphatic heterocycles. The van der Waals surface area contributed by atoms with Gasteiger partial charge in [-0.1, -0.05) is 63.6 Å². The third-order valence-electron chi connectivity index (χ3n) is 11.3. The molecule has 0 spiro atoms. The van der Waals surface area contributed by atoms with E-state index in [1.165, 1.54) is 4.90 Å². The fourth-order valence-corrected chi connectivity index (χ4v) is 8.62. The molecule has 2 aromatic heterocycles. The Kier molecular flexibility index (Phi) is 14.1. The second-order valence-electron chi connectivity index (χ2n) is 16.8. The van der Waals surface area contributed by atoms with Crippen LogP contribution in [0.3, 0.4) is 0 Å². The molecule has 15 nitrogen and oxygen atoms in total. The first kappa shape index (κ1) is 44.0. The molecule has 4 heterocycles. The van der Waals surface area contributed by atoms with E-state index < -0.39 is 29.5 Å². The number of rotatable bonds is 14. The Morgan fingerprint density at radius 2 is 1.65 bits per heavy atom. The van der Waals surface area contributed by atoms with Gasteiger partial charge in [0.15, 0.2) is 5.82 Å². The zero-order valence-corrected chi connectivity index (χ0v) is 35.9. The van der Waals surface area contributed by atoms with E-state index >= 15 is 0 Å². The summed E-state index contributed by atoms with van der Waals surface area (Å²) < 4.78 is 0. The van der Waals surface area contributed by atoms with Gasteiger partial charge in [0.2, 0.25) is 23.6 Å². The molecule has 2 saturated heterocycles. The van der Waals surface area contributed by atoms with Gasteiger partial charge in [0, 0.05) is 57.5 Å². The number of likely N-dealkylation sites (tertiary alicyclic amines) is 1. The van der Waals surface area contributed by atoms with E-state index in [9.17, 15) is 29.4 Å². The third kappa shape index (κ3) is 10.6. The molecule has 2 aliphatic rings. The van der Waals surface area contributed by atoms with Gasteiger partial charge >= 0.3 is 0 Å². The summed E-state index contributed by atoms with van der Waals surface area (Å²) in [4.78, 5) is 64.8. The lowest BCUT2D eigenvalue weighted by atomic mass is 9.85. The number of phenolic OH excluding ortho intramolecular Hbond substituents is 1. The summed E-state index contributed by atoms with van der Waals surface area (Å²) in [5, 5.41) is 35.1. The van der Waals surface area contributed by atoms with Gasteiger partial charge in [-0.2, -0.15) is 0 Å². The highest BCUT2D eigenvalue weighted by atomic mass is 32.1. The standard InChI is InChI=1S/C44H57N9O6S/c1-27(29-15-17-30(18-16-29)39-28(2)46-26-60-39)47-42(58)35-23-31(54)25-53(35)43(59)40(44(3,4)5)48-37(56)13-7-6-8-14-38(57)52-21-19-51(20-22-52)34-24-33(49-50-41(34)45)32-11-9-10-12-36(32)55/h9-12,15-18,24,26-27,31,35,40,54-55H,6-8,13-14,19-23,25H2,1-5H3,(H2,45,50)(H,47,58)(H,48,56)/t27-,31+,35-,40+/m0/s1. The lowest BCUT2D eigenvalue weighted by molar-refractivity contribution is -0.144. The SMILES string of the molecule is Cc1ncsc1-c1ccc([C@H](C)NC(=O)[C@@H]2C[C@@H](O)CN2C(=O)[C@@H](NC(=O)CCCCCC(=O)N2CCN(c3cc(-c4ccccc4O)nnc3N)CC2)C(C)(C)C)cc1. The minimum Gasteiger partial charge on any atom is -0.507 e. The van der Waals surface area contributed by atoms with Crippen molar-refractivity contribution in [2.45, 2.75) is 97.4 Å². The van der Waals surface area contributed by atoms with E-state index in [2.05, 4.69) is 30.7 Å². The number of nitrogen functional groups attached to an aromatic ring is 1. The second-order valence-corrected chi connectivity index (χ2v) is 17.7. The molecule has 320 valence electrons. The maximum Gasteiger partial charge on any atom is 0.246 e. The summed E-state index contributed by atoms with van der Waals surface area (Å²) in [6, 6.07) is 14.5. The van der Waals surface area contributed by atoms with Crippen LogP contribution in [0.1, 0.15) is 83.5 Å². The first-order chi connectivity index (χ1) is 28.6. The summed E-state index contributed by atoms with van der Waals surface area (Å²) in [5.74, 6) is -0.620. The maximum absolute atomic E-state index is 14.1. The minimum atomic E-state index is -0.915. The number of aromatic nitrogens is 3. The highest BCUT2D eigenvalue weighted by Gasteiger charge is 2.44. The summed E-state index contributed by atoms with van der Waals surface area (Å²) in [6.07, 6.45) is 1.60. The molecule has 6 N–H and O–H groups in total. The van der Waals surface area contributed by atoms with Crippen molar-refractivity contribution < 1.29 is 29.4 Å². The Hall–Kier alpha value is -5.61. The van der Waals surface area contributed by atoms with E-state index in [4.69, 9.17) is 5.73 Å². The van der Waals surface area contributed by atoms with E-state index in [0.29, 0.717) is 68.8 Å². The van der Waals surface area contributed by atoms with Crippen molar-refractivity contribution in [2.75, 3.05) is 43.4 Å². The minimum absolute atomic E-state index is 0.00466. The van der Waals surface area contributed by atoms with Crippen molar-refractivity contribution in [3.8, 4) is 27.4 Å². The fraction of sp³-hybridized carbons (Fsp3) is 0.477. The largest absolute Gasteiger partial charge is 0.507 e. The van der Waals surface area contributed by atoms with Crippen molar-refractivity contribution in [3.63, 3.8) is 0 Å². The van der Waals surface area contributed by atoms with Crippen LogP contribution in [0, 0.1) is 12.3 Å². The van der Waals surface area contributed by atoms with Gasteiger partial charge in [0.05, 0.1) is 39.6 Å². The number of aliphatic hydroxyl groups is 1. The van der Waals surface area contributed by atoms with Crippen LogP contribution in [0.2, 0.25) is 0 Å². The quantitative estimate of drug-likeness (QED) is 0.109. The number of β-amino-alcohol motifs (C(OH)–C–C–N with tert-alkyl or cyclic N) is 1. The molecular formula is C44H57N9O6S. The van der Waals surface area contributed by atoms with Gasteiger partial charge < -0.3 is 41.3 Å². The molecule has 0 radical (unpaired) electrons. The first-order valence-electron chi connectivity index (χ1n) is 20.6. The molecule has 0 bridgehead atoms. The Labute approximate surface area is 355 Å². The van der Waals surface area contributed by atoms with Crippen LogP contribution in [0.25, 0.3) is 21.7 Å². The molecule has 0 aliphatic carbocycles. The molecule has 2 aromatic carbocycles. The molecular weight excluding hydrogens is 783 g/mol. The number of aliphatic hydroxyl groups excluding tert-OH is 1. The zero-order chi connectivity index (χ0) is 43.1. The number of carbonyl (C=O) groups excluding carboxylic acids is 4. The van der Waals surface area contributed by atoms with Crippen molar-refractivity contribution >= 4 is 46.5 Å². The Morgan fingerprint density at radius 1 is 0.950 bits per heavy atom. The van der Waals surface area contributed by atoms with Gasteiger partial charge in [-0.25, -0.2) is 4.98 Å². The molecule has 16 heteroatoms. The number of aryl methyl sites for hydroxylation is 1. The maximum atomic E-state index is 14.1. The van der Waals surface area contributed by atoms with Crippen molar-refractivity contribution in [3.05, 3.63) is 71.4 Å². The predicted molar refractivity (Wildman–Crippen MR) is 232 cm³/mol. The number of piperazine rings is 1. The van der Waals surface area contributed by atoms with Crippen molar-refractivity contribution in [1.82, 2.24) is 35.6 Å². The van der Waals surface area contributed by atoms with Gasteiger partial charge in [-0.05, 0) is 61.4 Å². The topological polar surface area (TPSA) is 207 Å². The van der Waals surface area contributed by atoms with Gasteiger partial charge in [-0.3, -0.25) is 19.2 Å². The number of unbranched alkanes of at least 4 members (excludes halogenated alkanes) is 2. The van der Waals surface area contributed by atoms with E-state index in [0.717, 1.165) is 21.7 Å². The highest BCUT2D eigenvalue weighted by Crippen LogP contribution is 2.33. The number of nitrogens with one attached hydrogen (secondary N) is 2. The number of anilines is 2. The number of para-hydroxylation sites is 1. The molecule has 0 saturated carbocycles. The molecule has 2 fully saturated rings. The third-order valence-corrected chi connectivity index (χ3v) is 12.3. The Morgan fingerprint density at radius 3 is 2.32 bits per heavy atom. The summed E-state index contributed by atoms with van der Waals surface area (Å²) in [7, 11) is 0. The lowest BCUT2D eigenvalue weighted by Gasteiger charge is -2.36. The van der Waals surface area contributed by atoms with Crippen molar-refractivity contribution in [2.24, 2.45) is 5.41 Å². The van der Waals surface area contributed by atoms with Crippen LogP contribution in [0.15, 0.2) is 60.1 Å². The highest BCUT2D eigenvalue weighted by molar-refractivity contribution is 7.13. The number of thiazole rings is 1. The van der Waals surface area contributed by atoms with E-state index in [1.807, 2.05) is 81.4 Å². The number of benzene rings is 2. The zero-order valence-electron chi connectivity index (χ0n) is 35.1. The summed E-state index contributed by atoms with van der Waals surface area (Å²) in [6.45, 7) is 11.6. The number of amides is 4. The van der Waals surface area contributed by atoms with Crippen LogP contribution < -0.4 is 21.3 Å². The number of aromatic hydroxyl groups is 1. The molecule has 0 unspecified atom stereocenters. The van der Waals surface area contributed by atoms with Crippen molar-refractivity contribution in [1.29, 1.82) is 0 Å². The monoisotopic (exact) mass is 839 g/mol. The van der Waals surface area contributed by atoms with E-state index in [-0.39, 0.29) is 54.7 Å². The first-order valence-corrected chi connectivity index (χ1v) is 21.5. The average Bonchev–Trinajstić information content (AvgIpc) is 3.84. The Balaban J connectivity index is 0.943. The molecule has 60 heavy (non-hydrogen) atoms. The van der Waals surface area contributed by atoms with Crippen LogP contribution in [-0.2, 0) is 19.2 Å². The number of nitrogens with zero attached hydrogens (tertiary/aromatic N) is 6. The van der Waals surface area contributed by atoms with Gasteiger partial charge in [-0.15, -0.1) is 21.5 Å². The van der Waals surface area contributed by atoms with Crippen LogP contribution in [-0.4, -0.2) is 110 Å². The normalized spacial score (nSPS) is 17.9. The van der Waals surface area contributed by atoms with Gasteiger partial charge in [0.1, 0.15) is 17.8 Å². The Bertz CT molecular complexity index is 2150.